The molecule has 1 fully saturated rings. The molecule has 0 spiro atoms. The molecule has 7 heteroatoms. The van der Waals surface area contributed by atoms with Gasteiger partial charge in [0.15, 0.2) is 0 Å². The number of carboxylic acids is 1. The summed E-state index contributed by atoms with van der Waals surface area (Å²) in [7, 11) is 0. The van der Waals surface area contributed by atoms with Crippen LogP contribution < -0.4 is 5.32 Å². The lowest BCUT2D eigenvalue weighted by Gasteiger charge is -2.26. The number of carbonyl (C=O) groups is 3. The molecule has 0 aromatic rings. The molecule has 114 valence electrons. The van der Waals surface area contributed by atoms with Gasteiger partial charge in [0.1, 0.15) is 6.04 Å². The molecule has 0 saturated carbocycles. The van der Waals surface area contributed by atoms with E-state index in [1.807, 2.05) is 13.8 Å². The van der Waals surface area contributed by atoms with E-state index in [9.17, 15) is 14.4 Å². The van der Waals surface area contributed by atoms with Crippen molar-refractivity contribution in [3.8, 4) is 0 Å². The van der Waals surface area contributed by atoms with Crippen LogP contribution in [-0.2, 0) is 14.4 Å². The van der Waals surface area contributed by atoms with Gasteiger partial charge in [-0.25, -0.2) is 4.79 Å². The Kier molecular flexibility index (Phi) is 6.32. The summed E-state index contributed by atoms with van der Waals surface area (Å²) in [6.45, 7) is 4.34. The van der Waals surface area contributed by atoms with E-state index in [4.69, 9.17) is 5.11 Å². The fourth-order valence-electron chi connectivity index (χ4n) is 2.32. The fourth-order valence-corrected chi connectivity index (χ4v) is 2.57. The van der Waals surface area contributed by atoms with Crippen LogP contribution in [-0.4, -0.2) is 52.2 Å². The Morgan fingerprint density at radius 2 is 2.05 bits per heavy atom. The number of amides is 2. The summed E-state index contributed by atoms with van der Waals surface area (Å²) < 4.78 is 0. The van der Waals surface area contributed by atoms with Crippen LogP contribution in [0.15, 0.2) is 0 Å². The minimum absolute atomic E-state index is 0.0420. The summed E-state index contributed by atoms with van der Waals surface area (Å²) >= 11 is 3.90. The van der Waals surface area contributed by atoms with Crippen LogP contribution in [0.4, 0.5) is 0 Å². The Morgan fingerprint density at radius 3 is 2.55 bits per heavy atom. The molecule has 6 nitrogen and oxygen atoms in total. The number of likely N-dealkylation sites (tertiary alicyclic amines) is 1. The van der Waals surface area contributed by atoms with Gasteiger partial charge in [-0.05, 0) is 12.8 Å². The molecule has 0 unspecified atom stereocenters. The monoisotopic (exact) mass is 302 g/mol. The summed E-state index contributed by atoms with van der Waals surface area (Å²) in [6.07, 6.45) is 1.81. The number of hydrogen-bond donors (Lipinski definition) is 3. The molecule has 0 aromatic carbocycles. The lowest BCUT2D eigenvalue weighted by molar-refractivity contribution is -0.142. The zero-order chi connectivity index (χ0) is 15.3. The van der Waals surface area contributed by atoms with E-state index in [1.165, 1.54) is 0 Å². The maximum atomic E-state index is 12.0. The highest BCUT2D eigenvalue weighted by atomic mass is 32.1. The van der Waals surface area contributed by atoms with Crippen LogP contribution in [0.5, 0.6) is 0 Å². The predicted molar refractivity (Wildman–Crippen MR) is 77.6 cm³/mol. The first kappa shape index (κ1) is 16.8. The second kappa shape index (κ2) is 7.52. The van der Waals surface area contributed by atoms with Crippen molar-refractivity contribution in [3.63, 3.8) is 0 Å². The molecule has 1 rings (SSSR count). The van der Waals surface area contributed by atoms with E-state index in [2.05, 4.69) is 17.9 Å². The van der Waals surface area contributed by atoms with Crippen molar-refractivity contribution in [2.45, 2.75) is 45.2 Å². The van der Waals surface area contributed by atoms with E-state index in [1.54, 1.807) is 4.90 Å². The standard InChI is InChI=1S/C13H22N2O4S/c1-8(2)12(17)15-5-3-4-9(15)6-11(16)14-10(7-20)13(18)19/h8-10,20H,3-7H2,1-2H3,(H,14,16)(H,18,19)/t9-,10-/m0/s1. The number of hydrogen-bond acceptors (Lipinski definition) is 4. The van der Waals surface area contributed by atoms with Gasteiger partial charge >= 0.3 is 5.97 Å². The second-order valence-corrected chi connectivity index (χ2v) is 5.69. The lowest BCUT2D eigenvalue weighted by atomic mass is 10.1. The van der Waals surface area contributed by atoms with Gasteiger partial charge in [-0.1, -0.05) is 13.8 Å². The van der Waals surface area contributed by atoms with E-state index < -0.39 is 12.0 Å². The highest BCUT2D eigenvalue weighted by Crippen LogP contribution is 2.22. The number of thiol groups is 1. The maximum Gasteiger partial charge on any atom is 0.327 e. The SMILES string of the molecule is CC(C)C(=O)N1CCC[C@H]1CC(=O)N[C@@H](CS)C(=O)O. The Hall–Kier alpha value is -1.24. The Balaban J connectivity index is 2.56. The zero-order valence-corrected chi connectivity index (χ0v) is 12.7. The molecule has 0 radical (unpaired) electrons. The van der Waals surface area contributed by atoms with Crippen LogP contribution in [0.25, 0.3) is 0 Å². The number of carbonyl (C=O) groups excluding carboxylic acids is 2. The smallest absolute Gasteiger partial charge is 0.327 e. The molecular weight excluding hydrogens is 280 g/mol. The summed E-state index contributed by atoms with van der Waals surface area (Å²) in [5.41, 5.74) is 0. The van der Waals surface area contributed by atoms with Crippen molar-refractivity contribution in [2.75, 3.05) is 12.3 Å². The van der Waals surface area contributed by atoms with E-state index in [-0.39, 0.29) is 35.9 Å². The number of carboxylic acid groups (broad SMARTS) is 1. The van der Waals surface area contributed by atoms with Gasteiger partial charge in [0.25, 0.3) is 0 Å². The molecule has 2 N–H and O–H groups in total. The summed E-state index contributed by atoms with van der Waals surface area (Å²) in [5, 5.41) is 11.3. The van der Waals surface area contributed by atoms with Crippen LogP contribution in [0.2, 0.25) is 0 Å². The fraction of sp³-hybridized carbons (Fsp3) is 0.769. The molecular formula is C13H22N2O4S. The maximum absolute atomic E-state index is 12.0. The largest absolute Gasteiger partial charge is 0.480 e. The topological polar surface area (TPSA) is 86.7 Å². The van der Waals surface area contributed by atoms with Gasteiger partial charge in [-0.3, -0.25) is 9.59 Å². The minimum atomic E-state index is -1.10. The lowest BCUT2D eigenvalue weighted by Crippen LogP contribution is -2.45. The molecule has 1 aliphatic rings. The summed E-state index contributed by atoms with van der Waals surface area (Å²) in [4.78, 5) is 36.4. The predicted octanol–water partition coefficient (Wildman–Crippen LogP) is 0.523. The normalized spacial score (nSPS) is 20.0. The highest BCUT2D eigenvalue weighted by molar-refractivity contribution is 7.80. The van der Waals surface area contributed by atoms with Gasteiger partial charge in [0, 0.05) is 30.7 Å². The number of rotatable bonds is 6. The van der Waals surface area contributed by atoms with Gasteiger partial charge < -0.3 is 15.3 Å². The molecule has 20 heavy (non-hydrogen) atoms. The van der Waals surface area contributed by atoms with Crippen molar-refractivity contribution in [1.29, 1.82) is 0 Å². The summed E-state index contributed by atoms with van der Waals surface area (Å²) in [5.74, 6) is -1.46. The molecule has 1 aliphatic heterocycles. The third-order valence-corrected chi connectivity index (χ3v) is 3.76. The Labute approximate surface area is 124 Å². The van der Waals surface area contributed by atoms with Crippen LogP contribution in [0.3, 0.4) is 0 Å². The molecule has 1 saturated heterocycles. The average Bonchev–Trinajstić information content (AvgIpc) is 2.82. The quantitative estimate of drug-likeness (QED) is 0.624. The molecule has 2 atom stereocenters. The van der Waals surface area contributed by atoms with Crippen molar-refractivity contribution >= 4 is 30.4 Å². The Bertz CT molecular complexity index is 387. The molecule has 2 amide bonds. The first-order valence-corrected chi connectivity index (χ1v) is 7.43. The van der Waals surface area contributed by atoms with Gasteiger partial charge in [0.2, 0.25) is 11.8 Å². The van der Waals surface area contributed by atoms with Crippen molar-refractivity contribution in [3.05, 3.63) is 0 Å². The average molecular weight is 302 g/mol. The van der Waals surface area contributed by atoms with Crippen molar-refractivity contribution in [1.82, 2.24) is 10.2 Å². The molecule has 0 aliphatic carbocycles. The molecule has 0 aromatic heterocycles. The van der Waals surface area contributed by atoms with Crippen LogP contribution in [0.1, 0.15) is 33.1 Å². The number of nitrogens with zero attached hydrogens (tertiary/aromatic N) is 1. The van der Waals surface area contributed by atoms with E-state index in [0.29, 0.717) is 6.54 Å². The third-order valence-electron chi connectivity index (χ3n) is 3.39. The van der Waals surface area contributed by atoms with Gasteiger partial charge in [-0.15, -0.1) is 0 Å². The van der Waals surface area contributed by atoms with E-state index in [0.717, 1.165) is 12.8 Å². The van der Waals surface area contributed by atoms with Crippen molar-refractivity contribution < 1.29 is 19.5 Å². The Morgan fingerprint density at radius 1 is 1.40 bits per heavy atom. The highest BCUT2D eigenvalue weighted by Gasteiger charge is 2.32. The van der Waals surface area contributed by atoms with Gasteiger partial charge in [0.05, 0.1) is 0 Å². The van der Waals surface area contributed by atoms with Crippen LogP contribution >= 0.6 is 12.6 Å². The molecule has 0 bridgehead atoms. The molecule has 1 heterocycles. The van der Waals surface area contributed by atoms with Gasteiger partial charge in [-0.2, -0.15) is 12.6 Å². The van der Waals surface area contributed by atoms with E-state index >= 15 is 0 Å². The van der Waals surface area contributed by atoms with Crippen LogP contribution in [0, 0.1) is 5.92 Å². The minimum Gasteiger partial charge on any atom is -0.480 e. The first-order valence-electron chi connectivity index (χ1n) is 6.80. The number of nitrogens with one attached hydrogen (secondary N) is 1. The number of aliphatic carboxylic acids is 1. The zero-order valence-electron chi connectivity index (χ0n) is 11.8. The first-order chi connectivity index (χ1) is 9.36. The third kappa shape index (κ3) is 4.40. The second-order valence-electron chi connectivity index (χ2n) is 5.33. The van der Waals surface area contributed by atoms with Crippen molar-refractivity contribution in [2.24, 2.45) is 5.92 Å². The summed E-state index contributed by atoms with van der Waals surface area (Å²) in [6, 6.07) is -1.11.